The minimum Gasteiger partial charge on any atom is -0.298 e. The first kappa shape index (κ1) is 21.4. The number of nitrogens with one attached hydrogen (secondary N) is 1. The Morgan fingerprint density at radius 2 is 1.85 bits per heavy atom. The second-order valence-electron chi connectivity index (χ2n) is 7.33. The van der Waals surface area contributed by atoms with E-state index in [1.807, 2.05) is 6.07 Å². The minimum atomic E-state index is -3.34. The summed E-state index contributed by atoms with van der Waals surface area (Å²) < 4.78 is 24.3. The summed E-state index contributed by atoms with van der Waals surface area (Å²) in [6, 6.07) is 15.2. The normalized spacial score (nSPS) is 11.7. The summed E-state index contributed by atoms with van der Waals surface area (Å²) in [5, 5.41) is 4.28. The van der Waals surface area contributed by atoms with E-state index in [9.17, 15) is 13.2 Å². The van der Waals surface area contributed by atoms with Gasteiger partial charge in [0.05, 0.1) is 31.9 Å². The van der Waals surface area contributed by atoms with Crippen LogP contribution in [0.1, 0.15) is 10.4 Å². The summed E-state index contributed by atoms with van der Waals surface area (Å²) in [6.07, 6.45) is 4.50. The molecule has 0 aliphatic carbocycles. The second kappa shape index (κ2) is 8.18. The third kappa shape index (κ3) is 4.30. The predicted molar refractivity (Wildman–Crippen MR) is 131 cm³/mol. The number of halogens is 1. The van der Waals surface area contributed by atoms with Crippen LogP contribution in [0.25, 0.3) is 32.4 Å². The van der Waals surface area contributed by atoms with Gasteiger partial charge in [-0.05, 0) is 54.6 Å². The first-order chi connectivity index (χ1) is 15.8. The molecule has 1 amide bonds. The Kier molecular flexibility index (Phi) is 5.32. The fourth-order valence-electron chi connectivity index (χ4n) is 3.40. The summed E-state index contributed by atoms with van der Waals surface area (Å²) in [6.45, 7) is 0. The summed E-state index contributed by atoms with van der Waals surface area (Å²) in [5.74, 6) is -0.378. The van der Waals surface area contributed by atoms with E-state index >= 15 is 0 Å². The van der Waals surface area contributed by atoms with E-state index in [-0.39, 0.29) is 10.8 Å². The van der Waals surface area contributed by atoms with Crippen LogP contribution < -0.4 is 5.32 Å². The van der Waals surface area contributed by atoms with Crippen LogP contribution in [0, 0.1) is 0 Å². The SMILES string of the molecule is CS(=O)(=O)c1ccc2nc(NC(=O)c3cc(-c4cccnc4)nc4ccc(Cl)cc34)sc2c1. The van der Waals surface area contributed by atoms with Crippen LogP contribution in [-0.2, 0) is 9.84 Å². The zero-order chi connectivity index (χ0) is 23.2. The van der Waals surface area contributed by atoms with Gasteiger partial charge in [-0.25, -0.2) is 18.4 Å². The van der Waals surface area contributed by atoms with Crippen molar-refractivity contribution in [1.82, 2.24) is 15.0 Å². The number of amides is 1. The number of sulfone groups is 1. The molecule has 164 valence electrons. The first-order valence-corrected chi connectivity index (χ1v) is 12.8. The van der Waals surface area contributed by atoms with E-state index < -0.39 is 9.84 Å². The molecule has 0 atom stereocenters. The number of aromatic nitrogens is 3. The van der Waals surface area contributed by atoms with E-state index in [0.29, 0.717) is 42.5 Å². The molecule has 0 radical (unpaired) electrons. The van der Waals surface area contributed by atoms with Crippen molar-refractivity contribution in [2.24, 2.45) is 0 Å². The number of benzene rings is 2. The predicted octanol–water partition coefficient (Wildman–Crippen LogP) is 5.22. The second-order valence-corrected chi connectivity index (χ2v) is 10.8. The van der Waals surface area contributed by atoms with Gasteiger partial charge in [-0.3, -0.25) is 15.1 Å². The van der Waals surface area contributed by atoms with E-state index in [2.05, 4.69) is 20.3 Å². The number of carbonyl (C=O) groups is 1. The molecule has 0 spiro atoms. The third-order valence-electron chi connectivity index (χ3n) is 4.98. The lowest BCUT2D eigenvalue weighted by molar-refractivity contribution is 0.102. The lowest BCUT2D eigenvalue weighted by Crippen LogP contribution is -2.13. The van der Waals surface area contributed by atoms with Crippen molar-refractivity contribution in [2.45, 2.75) is 4.90 Å². The molecule has 0 saturated carbocycles. The van der Waals surface area contributed by atoms with Gasteiger partial charge < -0.3 is 0 Å². The van der Waals surface area contributed by atoms with Gasteiger partial charge in [-0.15, -0.1) is 0 Å². The number of nitrogens with zero attached hydrogens (tertiary/aromatic N) is 3. The van der Waals surface area contributed by atoms with Gasteiger partial charge in [-0.1, -0.05) is 22.9 Å². The molecule has 0 unspecified atom stereocenters. The zero-order valence-electron chi connectivity index (χ0n) is 17.1. The minimum absolute atomic E-state index is 0.201. The molecule has 0 aliphatic rings. The van der Waals surface area contributed by atoms with E-state index in [0.717, 1.165) is 11.8 Å². The van der Waals surface area contributed by atoms with E-state index in [1.165, 1.54) is 17.4 Å². The molecule has 10 heteroatoms. The number of thiazole rings is 1. The Balaban J connectivity index is 1.57. The van der Waals surface area contributed by atoms with Crippen molar-refractivity contribution < 1.29 is 13.2 Å². The number of hydrogen-bond donors (Lipinski definition) is 1. The molecule has 1 N–H and O–H groups in total. The fraction of sp³-hybridized carbons (Fsp3) is 0.0435. The maximum atomic E-state index is 13.3. The van der Waals surface area contributed by atoms with E-state index in [1.54, 1.807) is 54.9 Å². The van der Waals surface area contributed by atoms with Crippen molar-refractivity contribution in [1.29, 1.82) is 0 Å². The molecule has 0 bridgehead atoms. The highest BCUT2D eigenvalue weighted by atomic mass is 35.5. The monoisotopic (exact) mass is 494 g/mol. The lowest BCUT2D eigenvalue weighted by Gasteiger charge is -2.10. The third-order valence-corrected chi connectivity index (χ3v) is 7.26. The molecule has 0 aliphatic heterocycles. The van der Waals surface area contributed by atoms with Crippen molar-refractivity contribution in [3.63, 3.8) is 0 Å². The largest absolute Gasteiger partial charge is 0.298 e. The summed E-state index contributed by atoms with van der Waals surface area (Å²) >= 11 is 7.39. The highest BCUT2D eigenvalue weighted by Crippen LogP contribution is 2.31. The Hall–Kier alpha value is -3.40. The molecular formula is C23H15ClN4O3S2. The summed E-state index contributed by atoms with van der Waals surface area (Å²) in [4.78, 5) is 26.7. The average molecular weight is 495 g/mol. The quantitative estimate of drug-likeness (QED) is 0.367. The van der Waals surface area contributed by atoms with Crippen molar-refractivity contribution >= 4 is 64.9 Å². The highest BCUT2D eigenvalue weighted by molar-refractivity contribution is 7.90. The standard InChI is InChI=1S/C23H15ClN4O3S2/c1-33(30,31)15-5-7-19-21(10-15)32-23(27-19)28-22(29)17-11-20(13-3-2-8-25-12-13)26-18-6-4-14(24)9-16(17)18/h2-12H,1H3,(H,27,28,29). The van der Waals surface area contributed by atoms with Gasteiger partial charge >= 0.3 is 0 Å². The zero-order valence-corrected chi connectivity index (χ0v) is 19.5. The van der Waals surface area contributed by atoms with Gasteiger partial charge in [-0.2, -0.15) is 0 Å². The van der Waals surface area contributed by atoms with Crippen LogP contribution in [0.2, 0.25) is 5.02 Å². The molecule has 7 nitrogen and oxygen atoms in total. The molecule has 0 fully saturated rings. The summed E-state index contributed by atoms with van der Waals surface area (Å²) in [7, 11) is -3.34. The summed E-state index contributed by atoms with van der Waals surface area (Å²) in [5.41, 5.74) is 2.98. The van der Waals surface area contributed by atoms with Crippen molar-refractivity contribution in [2.75, 3.05) is 11.6 Å². The van der Waals surface area contributed by atoms with Crippen molar-refractivity contribution in [3.8, 4) is 11.3 Å². The number of pyridine rings is 2. The Bertz CT molecular complexity index is 1650. The molecule has 3 heterocycles. The topological polar surface area (TPSA) is 102 Å². The van der Waals surface area contributed by atoms with Crippen molar-refractivity contribution in [3.05, 3.63) is 77.6 Å². The van der Waals surface area contributed by atoms with E-state index in [4.69, 9.17) is 11.6 Å². The lowest BCUT2D eigenvalue weighted by atomic mass is 10.0. The number of anilines is 1. The Morgan fingerprint density at radius 3 is 2.61 bits per heavy atom. The number of hydrogen-bond acceptors (Lipinski definition) is 7. The molecule has 5 rings (SSSR count). The molecule has 3 aromatic heterocycles. The maximum Gasteiger partial charge on any atom is 0.258 e. The Labute approximate surface area is 198 Å². The van der Waals surface area contributed by atoms with Gasteiger partial charge in [0.15, 0.2) is 15.0 Å². The van der Waals surface area contributed by atoms with Crippen LogP contribution in [0.5, 0.6) is 0 Å². The Morgan fingerprint density at radius 1 is 1.03 bits per heavy atom. The molecule has 33 heavy (non-hydrogen) atoms. The van der Waals surface area contributed by atoms with Crippen LogP contribution in [-0.4, -0.2) is 35.5 Å². The fourth-order valence-corrected chi connectivity index (χ4v) is 5.20. The van der Waals surface area contributed by atoms with Gasteiger partial charge in [0, 0.05) is 34.6 Å². The number of rotatable bonds is 4. The molecule has 5 aromatic rings. The number of fused-ring (bicyclic) bond motifs is 2. The highest BCUT2D eigenvalue weighted by Gasteiger charge is 2.17. The van der Waals surface area contributed by atoms with Gasteiger partial charge in [0.2, 0.25) is 0 Å². The maximum absolute atomic E-state index is 13.3. The first-order valence-electron chi connectivity index (χ1n) is 9.71. The average Bonchev–Trinajstić information content (AvgIpc) is 3.19. The number of carbonyl (C=O) groups excluding carboxylic acids is 1. The smallest absolute Gasteiger partial charge is 0.258 e. The van der Waals surface area contributed by atoms with Crippen LogP contribution in [0.3, 0.4) is 0 Å². The van der Waals surface area contributed by atoms with Crippen LogP contribution in [0.4, 0.5) is 5.13 Å². The molecular weight excluding hydrogens is 480 g/mol. The van der Waals surface area contributed by atoms with Gasteiger partial charge in [0.1, 0.15) is 0 Å². The van der Waals surface area contributed by atoms with Crippen LogP contribution in [0.15, 0.2) is 71.9 Å². The molecule has 2 aromatic carbocycles. The molecule has 0 saturated heterocycles. The van der Waals surface area contributed by atoms with Crippen LogP contribution >= 0.6 is 22.9 Å². The van der Waals surface area contributed by atoms with Gasteiger partial charge in [0.25, 0.3) is 5.91 Å².